The highest BCUT2D eigenvalue weighted by atomic mass is 16.2. The van der Waals surface area contributed by atoms with E-state index in [9.17, 15) is 4.79 Å². The third-order valence-corrected chi connectivity index (χ3v) is 5.96. The Morgan fingerprint density at radius 3 is 1.43 bits per heavy atom. The predicted molar refractivity (Wildman–Crippen MR) is 138 cm³/mol. The molecule has 0 unspecified atom stereocenters. The van der Waals surface area contributed by atoms with Gasteiger partial charge in [0.1, 0.15) is 0 Å². The molecule has 0 N–H and O–H groups in total. The smallest absolute Gasteiger partial charge is 0.236 e. The highest BCUT2D eigenvalue weighted by Gasteiger charge is 2.51. The average molecular weight is 429 g/mol. The van der Waals surface area contributed by atoms with Gasteiger partial charge in [0.05, 0.1) is 6.54 Å². The molecular weight excluding hydrogens is 368 g/mol. The SMILES string of the molecule is CC.CC.CC.CC.CC1CC2(C1)CN(C(=O)CN(C)C)C2.CCC1(C)CC(C)C1. The fourth-order valence-corrected chi connectivity index (χ4v) is 4.90. The summed E-state index contributed by atoms with van der Waals surface area (Å²) in [5, 5.41) is 0. The second-order valence-electron chi connectivity index (χ2n) is 9.18. The van der Waals surface area contributed by atoms with Gasteiger partial charge in [-0.25, -0.2) is 0 Å². The molecule has 1 saturated heterocycles. The Kier molecular flexibility index (Phi) is 20.5. The zero-order chi connectivity index (χ0) is 24.5. The van der Waals surface area contributed by atoms with Crippen molar-refractivity contribution in [3.05, 3.63) is 0 Å². The van der Waals surface area contributed by atoms with Gasteiger partial charge in [0.15, 0.2) is 0 Å². The van der Waals surface area contributed by atoms with E-state index in [4.69, 9.17) is 0 Å². The maximum absolute atomic E-state index is 11.6. The summed E-state index contributed by atoms with van der Waals surface area (Å²) >= 11 is 0. The molecule has 3 nitrogen and oxygen atoms in total. The Morgan fingerprint density at radius 1 is 0.833 bits per heavy atom. The first kappa shape index (κ1) is 34.1. The van der Waals surface area contributed by atoms with Crippen LogP contribution in [-0.2, 0) is 4.79 Å². The molecule has 3 fully saturated rings. The van der Waals surface area contributed by atoms with Crippen molar-refractivity contribution in [3.63, 3.8) is 0 Å². The third kappa shape index (κ3) is 11.7. The second-order valence-corrected chi connectivity index (χ2v) is 9.18. The Labute approximate surface area is 192 Å². The summed E-state index contributed by atoms with van der Waals surface area (Å²) in [5.74, 6) is 2.20. The minimum Gasteiger partial charge on any atom is -0.340 e. The second kappa shape index (κ2) is 18.0. The monoisotopic (exact) mass is 428 g/mol. The summed E-state index contributed by atoms with van der Waals surface area (Å²) in [5.41, 5.74) is 1.28. The van der Waals surface area contributed by atoms with Crippen LogP contribution >= 0.6 is 0 Å². The van der Waals surface area contributed by atoms with E-state index in [1.54, 1.807) is 0 Å². The normalized spacial score (nSPS) is 24.8. The molecule has 30 heavy (non-hydrogen) atoms. The first-order valence-corrected chi connectivity index (χ1v) is 13.1. The van der Waals surface area contributed by atoms with Gasteiger partial charge >= 0.3 is 0 Å². The largest absolute Gasteiger partial charge is 0.340 e. The topological polar surface area (TPSA) is 23.6 Å². The fourth-order valence-electron chi connectivity index (χ4n) is 4.90. The van der Waals surface area contributed by atoms with E-state index >= 15 is 0 Å². The number of hydrogen-bond donors (Lipinski definition) is 0. The summed E-state index contributed by atoms with van der Waals surface area (Å²) in [6.45, 7) is 27.9. The molecule has 2 saturated carbocycles. The molecule has 1 aliphatic heterocycles. The van der Waals surface area contributed by atoms with E-state index in [1.807, 2.05) is 79.3 Å². The van der Waals surface area contributed by atoms with E-state index in [-0.39, 0.29) is 0 Å². The van der Waals surface area contributed by atoms with E-state index in [1.165, 1.54) is 32.1 Å². The molecule has 1 heterocycles. The van der Waals surface area contributed by atoms with E-state index < -0.39 is 0 Å². The number of carbonyl (C=O) groups is 1. The molecule has 0 radical (unpaired) electrons. The van der Waals surface area contributed by atoms with Crippen molar-refractivity contribution < 1.29 is 4.79 Å². The highest BCUT2D eigenvalue weighted by molar-refractivity contribution is 5.79. The van der Waals surface area contributed by atoms with Crippen LogP contribution in [0.2, 0.25) is 0 Å². The third-order valence-electron chi connectivity index (χ3n) is 5.96. The predicted octanol–water partition coefficient (Wildman–Crippen LogP) is 7.74. The van der Waals surface area contributed by atoms with Crippen LogP contribution in [0.15, 0.2) is 0 Å². The molecule has 184 valence electrons. The zero-order valence-electron chi connectivity index (χ0n) is 23.6. The Morgan fingerprint density at radius 2 is 1.20 bits per heavy atom. The van der Waals surface area contributed by atoms with Crippen LogP contribution in [0.3, 0.4) is 0 Å². The van der Waals surface area contributed by atoms with Crippen LogP contribution in [0.5, 0.6) is 0 Å². The summed E-state index contributed by atoms with van der Waals surface area (Å²) in [6, 6.07) is 0. The van der Waals surface area contributed by atoms with Gasteiger partial charge < -0.3 is 9.80 Å². The summed E-state index contributed by atoms with van der Waals surface area (Å²) in [6.07, 6.45) is 6.96. The lowest BCUT2D eigenvalue weighted by molar-refractivity contribution is -0.154. The Hall–Kier alpha value is -0.570. The summed E-state index contributed by atoms with van der Waals surface area (Å²) in [4.78, 5) is 15.6. The molecule has 0 atom stereocenters. The number of amides is 1. The minimum atomic E-state index is 0.292. The molecule has 3 rings (SSSR count). The number of likely N-dealkylation sites (N-methyl/N-ethyl adjacent to an activating group) is 1. The van der Waals surface area contributed by atoms with E-state index in [2.05, 4.69) is 27.7 Å². The number of hydrogen-bond acceptors (Lipinski definition) is 2. The van der Waals surface area contributed by atoms with Gasteiger partial charge in [0.2, 0.25) is 5.91 Å². The molecule has 2 aliphatic carbocycles. The molecule has 0 bridgehead atoms. The molecule has 3 heteroatoms. The maximum atomic E-state index is 11.6. The number of likely N-dealkylation sites (tertiary alicyclic amines) is 1. The lowest BCUT2D eigenvalue weighted by Gasteiger charge is -2.58. The van der Waals surface area contributed by atoms with Gasteiger partial charge in [0, 0.05) is 18.5 Å². The lowest BCUT2D eigenvalue weighted by Crippen LogP contribution is -2.64. The van der Waals surface area contributed by atoms with Crippen LogP contribution in [0.4, 0.5) is 0 Å². The fraction of sp³-hybridized carbons (Fsp3) is 0.963. The summed E-state index contributed by atoms with van der Waals surface area (Å²) in [7, 11) is 3.89. The average Bonchev–Trinajstić information content (AvgIpc) is 2.68. The van der Waals surface area contributed by atoms with Gasteiger partial charge in [0.25, 0.3) is 0 Å². The van der Waals surface area contributed by atoms with Crippen LogP contribution in [0, 0.1) is 22.7 Å². The van der Waals surface area contributed by atoms with Crippen LogP contribution in [0.1, 0.15) is 115 Å². The van der Waals surface area contributed by atoms with Gasteiger partial charge in [-0.1, -0.05) is 89.5 Å². The first-order valence-electron chi connectivity index (χ1n) is 13.1. The molecular formula is C27H60N2O. The number of carbonyl (C=O) groups excluding carboxylic acids is 1. The van der Waals surface area contributed by atoms with Crippen LogP contribution in [0.25, 0.3) is 0 Å². The quantitative estimate of drug-likeness (QED) is 0.459. The Balaban J connectivity index is -0.000000390. The van der Waals surface area contributed by atoms with Crippen molar-refractivity contribution >= 4 is 5.91 Å². The van der Waals surface area contributed by atoms with Gasteiger partial charge in [-0.15, -0.1) is 0 Å². The standard InChI is InChI=1S/C11H20N2O.C8H16.4C2H6/c1-9-4-11(5-9)7-13(8-11)10(14)6-12(2)3;1-4-8(3)5-7(2)6-8;4*1-2/h9H,4-8H2,1-3H3;7H,4-6H2,1-3H3;4*1-2H3. The van der Waals surface area contributed by atoms with Gasteiger partial charge in [-0.2, -0.15) is 0 Å². The zero-order valence-corrected chi connectivity index (χ0v) is 23.6. The molecule has 0 aromatic carbocycles. The number of rotatable bonds is 3. The van der Waals surface area contributed by atoms with Gasteiger partial charge in [-0.3, -0.25) is 4.79 Å². The van der Waals surface area contributed by atoms with Gasteiger partial charge in [-0.05, 0) is 57.0 Å². The first-order chi connectivity index (χ1) is 14.2. The van der Waals surface area contributed by atoms with Crippen molar-refractivity contribution in [2.75, 3.05) is 33.7 Å². The Bertz CT molecular complexity index is 386. The molecule has 1 amide bonds. The van der Waals surface area contributed by atoms with E-state index in [0.717, 1.165) is 30.3 Å². The van der Waals surface area contributed by atoms with Crippen LogP contribution in [-0.4, -0.2) is 49.4 Å². The van der Waals surface area contributed by atoms with Crippen molar-refractivity contribution in [2.45, 2.75) is 115 Å². The van der Waals surface area contributed by atoms with Crippen LogP contribution < -0.4 is 0 Å². The summed E-state index contributed by atoms with van der Waals surface area (Å²) < 4.78 is 0. The molecule has 3 aliphatic rings. The highest BCUT2D eigenvalue weighted by Crippen LogP contribution is 2.51. The molecule has 0 aromatic rings. The van der Waals surface area contributed by atoms with Crippen molar-refractivity contribution in [1.82, 2.24) is 9.80 Å². The van der Waals surface area contributed by atoms with Crippen molar-refractivity contribution in [3.8, 4) is 0 Å². The minimum absolute atomic E-state index is 0.292. The molecule has 1 spiro atoms. The number of nitrogens with zero attached hydrogens (tertiary/aromatic N) is 2. The molecule has 0 aromatic heterocycles. The maximum Gasteiger partial charge on any atom is 0.236 e. The van der Waals surface area contributed by atoms with Crippen molar-refractivity contribution in [2.24, 2.45) is 22.7 Å². The van der Waals surface area contributed by atoms with Crippen molar-refractivity contribution in [1.29, 1.82) is 0 Å². The lowest BCUT2D eigenvalue weighted by atomic mass is 9.58. The van der Waals surface area contributed by atoms with E-state index in [0.29, 0.717) is 17.9 Å².